The number of carbonyl (C=O) groups is 1. The second-order valence-corrected chi connectivity index (χ2v) is 17.0. The van der Waals surface area contributed by atoms with Crippen molar-refractivity contribution in [1.29, 1.82) is 0 Å². The minimum absolute atomic E-state index is 0.0104. The summed E-state index contributed by atoms with van der Waals surface area (Å²) in [4.78, 5) is 12.3. The highest BCUT2D eigenvalue weighted by molar-refractivity contribution is 9.10. The van der Waals surface area contributed by atoms with E-state index in [0.29, 0.717) is 28.9 Å². The fourth-order valence-electron chi connectivity index (χ4n) is 3.13. The summed E-state index contributed by atoms with van der Waals surface area (Å²) in [5.74, 6) is 0.952. The van der Waals surface area contributed by atoms with Crippen LogP contribution in [0, 0.1) is 0 Å². The van der Waals surface area contributed by atoms with Crippen LogP contribution in [0.5, 0.6) is 17.2 Å². The first-order chi connectivity index (χ1) is 16.5. The Bertz CT molecular complexity index is 1050. The lowest BCUT2D eigenvalue weighted by atomic mass is 10.1. The number of alkyl carbamates (subject to hydrolysis) is 1. The van der Waals surface area contributed by atoms with Crippen LogP contribution in [0.2, 0.25) is 18.1 Å². The molecule has 2 aromatic rings. The number of carbonyl (C=O) groups excluding carboxylic acids is 1. The summed E-state index contributed by atoms with van der Waals surface area (Å²) in [7, 11) is -2.17. The van der Waals surface area contributed by atoms with Crippen molar-refractivity contribution in [3.63, 3.8) is 0 Å². The Morgan fingerprint density at radius 2 is 1.75 bits per heavy atom. The topological polar surface area (TPSA) is 103 Å². The van der Waals surface area contributed by atoms with Gasteiger partial charge < -0.3 is 30.1 Å². The van der Waals surface area contributed by atoms with Crippen LogP contribution in [0.4, 0.5) is 4.79 Å². The predicted molar refractivity (Wildman–Crippen MR) is 150 cm³/mol. The van der Waals surface area contributed by atoms with Crippen molar-refractivity contribution in [3.8, 4) is 17.2 Å². The number of phenolic OH excluding ortho intramolecular Hbond substituents is 1. The Morgan fingerprint density at radius 3 is 2.31 bits per heavy atom. The lowest BCUT2D eigenvalue weighted by Gasteiger charge is -2.39. The molecule has 0 aliphatic carbocycles. The highest BCUT2D eigenvalue weighted by Crippen LogP contribution is 2.41. The van der Waals surface area contributed by atoms with E-state index < -0.39 is 20.0 Å². The lowest BCUT2D eigenvalue weighted by Crippen LogP contribution is -2.44. The summed E-state index contributed by atoms with van der Waals surface area (Å²) in [5.41, 5.74) is 6.94. The largest absolute Gasteiger partial charge is 0.504 e. The fourth-order valence-corrected chi connectivity index (χ4v) is 4.89. The Kier molecular flexibility index (Phi) is 10.0. The number of ether oxygens (including phenoxy) is 2. The fraction of sp³-hybridized carbons (Fsp3) is 0.519. The van der Waals surface area contributed by atoms with E-state index in [1.54, 1.807) is 12.1 Å². The number of hydrogen-bond donors (Lipinski definition) is 3. The van der Waals surface area contributed by atoms with Crippen LogP contribution >= 0.6 is 15.9 Å². The number of nitrogens with two attached hydrogens (primary N) is 1. The van der Waals surface area contributed by atoms with Gasteiger partial charge in [0.05, 0.1) is 17.1 Å². The van der Waals surface area contributed by atoms with Gasteiger partial charge in [-0.15, -0.1) is 0 Å². The molecule has 0 spiro atoms. The van der Waals surface area contributed by atoms with E-state index in [-0.39, 0.29) is 23.4 Å². The SMILES string of the molecule is CC(C)(C)OC(=O)NC[C@@H](O[Si](C)(C)C(C)(C)C)c1ccc(Oc2cc(CCN)ccc2O)c(Br)c1. The molecule has 0 bridgehead atoms. The Balaban J connectivity index is 2.31. The second-order valence-electron chi connectivity index (χ2n) is 11.4. The maximum atomic E-state index is 12.3. The third-order valence-corrected chi connectivity index (χ3v) is 11.2. The molecule has 200 valence electrons. The summed E-state index contributed by atoms with van der Waals surface area (Å²) in [6.07, 6.45) is -0.184. The molecule has 0 heterocycles. The van der Waals surface area contributed by atoms with Crippen LogP contribution < -0.4 is 15.8 Å². The molecule has 1 atom stereocenters. The van der Waals surface area contributed by atoms with E-state index in [2.05, 4.69) is 55.1 Å². The van der Waals surface area contributed by atoms with Gasteiger partial charge in [-0.25, -0.2) is 4.79 Å². The molecule has 0 unspecified atom stereocenters. The third kappa shape index (κ3) is 8.79. The van der Waals surface area contributed by atoms with Crippen molar-refractivity contribution in [3.05, 3.63) is 52.0 Å². The summed E-state index contributed by atoms with van der Waals surface area (Å²) in [6.45, 7) is 17.1. The minimum atomic E-state index is -2.17. The molecular weight excluding hydrogens is 540 g/mol. The van der Waals surface area contributed by atoms with Crippen molar-refractivity contribution >= 4 is 30.3 Å². The average Bonchev–Trinajstić information content (AvgIpc) is 2.73. The van der Waals surface area contributed by atoms with E-state index in [1.807, 2.05) is 45.0 Å². The van der Waals surface area contributed by atoms with Gasteiger partial charge in [-0.2, -0.15) is 0 Å². The van der Waals surface area contributed by atoms with Crippen molar-refractivity contribution in [2.45, 2.75) is 77.8 Å². The van der Waals surface area contributed by atoms with Gasteiger partial charge in [-0.3, -0.25) is 0 Å². The molecule has 0 saturated carbocycles. The van der Waals surface area contributed by atoms with Gasteiger partial charge >= 0.3 is 6.09 Å². The van der Waals surface area contributed by atoms with Crippen molar-refractivity contribution < 1.29 is 23.8 Å². The van der Waals surface area contributed by atoms with Crippen molar-refractivity contribution in [2.24, 2.45) is 5.73 Å². The maximum absolute atomic E-state index is 12.3. The van der Waals surface area contributed by atoms with Gasteiger partial charge in [0.25, 0.3) is 0 Å². The molecule has 0 aromatic heterocycles. The minimum Gasteiger partial charge on any atom is -0.504 e. The molecular formula is C27H41BrN2O5Si. The molecule has 1 amide bonds. The summed E-state index contributed by atoms with van der Waals surface area (Å²) in [5, 5.41) is 13.1. The monoisotopic (exact) mass is 580 g/mol. The zero-order chi connectivity index (χ0) is 27.3. The number of phenols is 1. The Hall–Kier alpha value is -2.07. The van der Waals surface area contributed by atoms with E-state index in [1.165, 1.54) is 0 Å². The molecule has 0 aliphatic heterocycles. The highest BCUT2D eigenvalue weighted by atomic mass is 79.9. The van der Waals surface area contributed by atoms with Gasteiger partial charge in [0.2, 0.25) is 0 Å². The summed E-state index contributed by atoms with van der Waals surface area (Å²) in [6, 6.07) is 10.9. The molecule has 4 N–H and O–H groups in total. The van der Waals surface area contributed by atoms with Gasteiger partial charge in [0.15, 0.2) is 19.8 Å². The molecule has 0 radical (unpaired) electrons. The maximum Gasteiger partial charge on any atom is 0.407 e. The van der Waals surface area contributed by atoms with Crippen LogP contribution in [0.3, 0.4) is 0 Å². The first kappa shape index (κ1) is 30.2. The van der Waals surface area contributed by atoms with Crippen LogP contribution in [0.1, 0.15) is 58.8 Å². The molecule has 2 rings (SSSR count). The summed E-state index contributed by atoms with van der Waals surface area (Å²) < 4.78 is 18.8. The van der Waals surface area contributed by atoms with Gasteiger partial charge in [-0.1, -0.05) is 32.9 Å². The van der Waals surface area contributed by atoms with E-state index in [4.69, 9.17) is 19.6 Å². The summed E-state index contributed by atoms with van der Waals surface area (Å²) >= 11 is 3.60. The highest BCUT2D eigenvalue weighted by Gasteiger charge is 2.39. The Morgan fingerprint density at radius 1 is 1.08 bits per heavy atom. The standard InChI is InChI=1S/C27H41BrN2O5Si/c1-26(2,3)34-25(32)30-17-24(35-36(7,8)27(4,5)6)19-10-12-22(20(28)16-19)33-23-15-18(13-14-29)9-11-21(23)31/h9-12,15-16,24,31H,13-14,17,29H2,1-8H3,(H,30,32)/t24-/m1/s1. The molecule has 36 heavy (non-hydrogen) atoms. The van der Waals surface area contributed by atoms with Crippen LogP contribution in [-0.4, -0.2) is 38.2 Å². The first-order valence-electron chi connectivity index (χ1n) is 12.2. The van der Waals surface area contributed by atoms with E-state index >= 15 is 0 Å². The third-order valence-electron chi connectivity index (χ3n) is 6.08. The van der Waals surface area contributed by atoms with Crippen molar-refractivity contribution in [2.75, 3.05) is 13.1 Å². The average molecular weight is 582 g/mol. The molecule has 7 nitrogen and oxygen atoms in total. The Labute approximate surface area is 225 Å². The van der Waals surface area contributed by atoms with Crippen LogP contribution in [-0.2, 0) is 15.6 Å². The molecule has 0 aliphatic rings. The number of nitrogens with one attached hydrogen (secondary N) is 1. The first-order valence-corrected chi connectivity index (χ1v) is 15.9. The van der Waals surface area contributed by atoms with Crippen LogP contribution in [0.15, 0.2) is 40.9 Å². The zero-order valence-corrected chi connectivity index (χ0v) is 25.3. The quantitative estimate of drug-likeness (QED) is 0.275. The number of rotatable bonds is 9. The lowest BCUT2D eigenvalue weighted by molar-refractivity contribution is 0.0496. The van der Waals surface area contributed by atoms with Gasteiger partial charge in [-0.05, 0) is 103 Å². The second kappa shape index (κ2) is 12.0. The van der Waals surface area contributed by atoms with E-state index in [0.717, 1.165) is 11.1 Å². The predicted octanol–water partition coefficient (Wildman–Crippen LogP) is 7.04. The number of benzene rings is 2. The number of hydrogen-bond acceptors (Lipinski definition) is 6. The van der Waals surface area contributed by atoms with Crippen molar-refractivity contribution in [1.82, 2.24) is 5.32 Å². The normalized spacial score (nSPS) is 13.3. The van der Waals surface area contributed by atoms with Gasteiger partial charge in [0, 0.05) is 0 Å². The van der Waals surface area contributed by atoms with E-state index in [9.17, 15) is 9.90 Å². The molecule has 0 fully saturated rings. The number of halogens is 1. The van der Waals surface area contributed by atoms with Crippen LogP contribution in [0.25, 0.3) is 0 Å². The smallest absolute Gasteiger partial charge is 0.407 e. The zero-order valence-electron chi connectivity index (χ0n) is 22.7. The van der Waals surface area contributed by atoms with Gasteiger partial charge in [0.1, 0.15) is 11.4 Å². The number of aromatic hydroxyl groups is 1. The molecule has 9 heteroatoms. The molecule has 2 aromatic carbocycles. The molecule has 0 saturated heterocycles. The number of amides is 1.